The van der Waals surface area contributed by atoms with E-state index < -0.39 is 0 Å². The Bertz CT molecular complexity index is 255. The first-order valence-corrected chi connectivity index (χ1v) is 13.1. The molecule has 0 spiro atoms. The normalized spacial score (nSPS) is 11.1. The Morgan fingerprint density at radius 2 is 0.615 bits per heavy atom. The minimum Gasteiger partial charge on any atom is -0.0654 e. The second-order valence-electron chi connectivity index (χ2n) is 8.25. The highest BCUT2D eigenvalue weighted by Crippen LogP contribution is 2.15. The number of unbranched alkanes of at least 4 members (excludes halogenated alkanes) is 21. The second kappa shape index (κ2) is 25.0. The van der Waals surface area contributed by atoms with E-state index in [2.05, 4.69) is 6.92 Å². The highest BCUT2D eigenvalue weighted by atomic mass is 32.1. The molecule has 0 amide bonds. The van der Waals surface area contributed by atoms with Gasteiger partial charge in [-0.15, -0.1) is 0 Å². The molecular weight excluding hydrogens is 336 g/mol. The van der Waals surface area contributed by atoms with Gasteiger partial charge in [-0.25, -0.2) is 0 Å². The molecule has 0 radical (unpaired) electrons. The molecule has 0 heterocycles. The van der Waals surface area contributed by atoms with E-state index in [9.17, 15) is 4.21 Å². The molecule has 1 nitrogen and oxygen atoms in total. The molecule has 0 unspecified atom stereocenters. The largest absolute Gasteiger partial charge is 0.458 e. The van der Waals surface area contributed by atoms with Crippen LogP contribution < -0.4 is 0 Å². The third-order valence-corrected chi connectivity index (χ3v) is 6.04. The van der Waals surface area contributed by atoms with Crippen molar-refractivity contribution in [3.8, 4) is 0 Å². The Morgan fingerprint density at radius 1 is 0.385 bits per heavy atom. The monoisotopic (exact) mass is 385 g/mol. The lowest BCUT2D eigenvalue weighted by Gasteiger charge is -2.04. The van der Waals surface area contributed by atoms with E-state index in [1.807, 2.05) is 0 Å². The molecule has 0 atom stereocenters. The summed E-state index contributed by atoms with van der Waals surface area (Å²) in [5.41, 5.74) is 0. The van der Waals surface area contributed by atoms with Gasteiger partial charge in [-0.1, -0.05) is 135 Å². The quantitative estimate of drug-likeness (QED) is 0.127. The van der Waals surface area contributed by atoms with Crippen LogP contribution in [0.4, 0.5) is 0 Å². The van der Waals surface area contributed by atoms with Gasteiger partial charge in [-0.05, 0) is 6.42 Å². The number of hydrogen-bond donors (Lipinski definition) is 0. The summed E-state index contributed by atoms with van der Waals surface area (Å²) in [6, 6.07) is 0. The summed E-state index contributed by atoms with van der Waals surface area (Å²) in [6.07, 6.45) is 31.2. The summed E-state index contributed by atoms with van der Waals surface area (Å²) >= 11 is 0.743. The molecule has 156 valence electrons. The van der Waals surface area contributed by atoms with E-state index in [1.54, 1.807) is 0 Å². The predicted molar refractivity (Wildman–Crippen MR) is 120 cm³/mol. The van der Waals surface area contributed by atoms with Gasteiger partial charge in [0.2, 0.25) is 5.75 Å². The topological polar surface area (TPSA) is 17.1 Å². The van der Waals surface area contributed by atoms with Crippen LogP contribution in [0.3, 0.4) is 0 Å². The van der Waals surface area contributed by atoms with Crippen molar-refractivity contribution in [2.75, 3.05) is 5.75 Å². The molecule has 0 saturated heterocycles. The maximum absolute atomic E-state index is 10.3. The molecule has 0 aromatic carbocycles. The van der Waals surface area contributed by atoms with Crippen molar-refractivity contribution in [1.29, 1.82) is 0 Å². The van der Waals surface area contributed by atoms with Crippen molar-refractivity contribution < 1.29 is 4.21 Å². The summed E-state index contributed by atoms with van der Waals surface area (Å²) in [5, 5.41) is 0. The van der Waals surface area contributed by atoms with Gasteiger partial charge >= 0.3 is 11.7 Å². The predicted octanol–water partition coefficient (Wildman–Crippen LogP) is 9.02. The molecular formula is C24H49OS+. The lowest BCUT2D eigenvalue weighted by Crippen LogP contribution is -1.85. The van der Waals surface area contributed by atoms with Gasteiger partial charge in [-0.2, -0.15) is 0 Å². The van der Waals surface area contributed by atoms with E-state index in [0.717, 1.165) is 23.8 Å². The van der Waals surface area contributed by atoms with Crippen LogP contribution >= 0.6 is 0 Å². The van der Waals surface area contributed by atoms with Crippen molar-refractivity contribution in [2.45, 2.75) is 148 Å². The van der Waals surface area contributed by atoms with Crippen LogP contribution in [0.15, 0.2) is 0 Å². The Morgan fingerprint density at radius 3 is 0.846 bits per heavy atom. The molecule has 0 saturated carbocycles. The molecule has 0 aromatic rings. The fourth-order valence-corrected chi connectivity index (χ4v) is 4.09. The molecule has 0 rings (SSSR count). The summed E-state index contributed by atoms with van der Waals surface area (Å²) in [7, 11) is 0. The third-order valence-electron chi connectivity index (χ3n) is 5.58. The molecule has 0 aliphatic heterocycles. The standard InChI is InChI=1S/C24H49OS/c1-2-3-4-5-6-7-8-9-10-11-12-13-14-15-16-17-18-19-20-21-22-23-24-26-25/h2-24H2,1H3/q+1. The SMILES string of the molecule is CCCCCCCCCCCCCCCCCCCCCCCC[S+]=O. The minimum atomic E-state index is 0.743. The van der Waals surface area contributed by atoms with Crippen LogP contribution in [0.25, 0.3) is 0 Å². The summed E-state index contributed by atoms with van der Waals surface area (Å²) < 4.78 is 10.3. The smallest absolute Gasteiger partial charge is 0.0654 e. The van der Waals surface area contributed by atoms with Gasteiger partial charge in [-0.3, -0.25) is 0 Å². The Hall–Kier alpha value is 0.0200. The van der Waals surface area contributed by atoms with Crippen molar-refractivity contribution in [3.05, 3.63) is 0 Å². The fourth-order valence-electron chi connectivity index (χ4n) is 3.77. The Labute approximate surface area is 170 Å². The molecule has 26 heavy (non-hydrogen) atoms. The lowest BCUT2D eigenvalue weighted by molar-refractivity contribution is 0.520. The first-order chi connectivity index (χ1) is 12.9. The van der Waals surface area contributed by atoms with E-state index in [4.69, 9.17) is 0 Å². The summed E-state index contributed by atoms with van der Waals surface area (Å²) in [4.78, 5) is 0. The van der Waals surface area contributed by atoms with Crippen LogP contribution in [-0.2, 0) is 15.9 Å². The highest BCUT2D eigenvalue weighted by molar-refractivity contribution is 7.65. The summed E-state index contributed by atoms with van der Waals surface area (Å²) in [5.74, 6) is 0.805. The van der Waals surface area contributed by atoms with Crippen molar-refractivity contribution in [1.82, 2.24) is 0 Å². The highest BCUT2D eigenvalue weighted by Gasteiger charge is 1.98. The van der Waals surface area contributed by atoms with E-state index in [1.165, 1.54) is 135 Å². The molecule has 0 aromatic heterocycles. The zero-order valence-corrected chi connectivity index (χ0v) is 18.9. The molecule has 0 aliphatic carbocycles. The van der Waals surface area contributed by atoms with Gasteiger partial charge in [0, 0.05) is 10.6 Å². The van der Waals surface area contributed by atoms with Gasteiger partial charge in [0.15, 0.2) is 0 Å². The van der Waals surface area contributed by atoms with Gasteiger partial charge in [0.05, 0.1) is 0 Å². The third kappa shape index (κ3) is 24.0. The van der Waals surface area contributed by atoms with E-state index >= 15 is 0 Å². The average Bonchev–Trinajstić information content (AvgIpc) is 2.66. The zero-order chi connectivity index (χ0) is 19.0. The summed E-state index contributed by atoms with van der Waals surface area (Å²) in [6.45, 7) is 2.29. The van der Waals surface area contributed by atoms with Gasteiger partial charge < -0.3 is 0 Å². The van der Waals surface area contributed by atoms with Gasteiger partial charge in [0.1, 0.15) is 0 Å². The van der Waals surface area contributed by atoms with Crippen LogP contribution in [0.5, 0.6) is 0 Å². The Kier molecular flexibility index (Phi) is 25.0. The molecule has 0 aliphatic rings. The first-order valence-electron chi connectivity index (χ1n) is 12.2. The van der Waals surface area contributed by atoms with Crippen molar-refractivity contribution >= 4 is 11.7 Å². The molecule has 0 fully saturated rings. The number of rotatable bonds is 23. The second-order valence-corrected chi connectivity index (χ2v) is 8.89. The van der Waals surface area contributed by atoms with E-state index in [-0.39, 0.29) is 0 Å². The van der Waals surface area contributed by atoms with Crippen molar-refractivity contribution in [2.24, 2.45) is 0 Å². The maximum Gasteiger partial charge on any atom is 0.458 e. The van der Waals surface area contributed by atoms with E-state index in [0.29, 0.717) is 0 Å². The van der Waals surface area contributed by atoms with Gasteiger partial charge in [0.25, 0.3) is 0 Å². The molecule has 0 N–H and O–H groups in total. The zero-order valence-electron chi connectivity index (χ0n) is 18.1. The van der Waals surface area contributed by atoms with Crippen molar-refractivity contribution in [3.63, 3.8) is 0 Å². The average molecular weight is 386 g/mol. The molecule has 2 heteroatoms. The minimum absolute atomic E-state index is 0.743. The molecule has 0 bridgehead atoms. The lowest BCUT2D eigenvalue weighted by atomic mass is 10.0. The van der Waals surface area contributed by atoms with Crippen LogP contribution in [0.2, 0.25) is 0 Å². The maximum atomic E-state index is 10.3. The fraction of sp³-hybridized carbons (Fsp3) is 1.00. The number of hydrogen-bond acceptors (Lipinski definition) is 1. The Balaban J connectivity index is 2.96. The van der Waals surface area contributed by atoms with Crippen LogP contribution in [-0.4, -0.2) is 5.75 Å². The van der Waals surface area contributed by atoms with Crippen LogP contribution in [0.1, 0.15) is 148 Å². The van der Waals surface area contributed by atoms with Crippen LogP contribution in [0, 0.1) is 0 Å². The first kappa shape index (κ1) is 26.0.